The first-order valence-electron chi connectivity index (χ1n) is 10.3. The van der Waals surface area contributed by atoms with Gasteiger partial charge in [0, 0.05) is 41.7 Å². The average Bonchev–Trinajstić information content (AvgIpc) is 3.34. The lowest BCUT2D eigenvalue weighted by Crippen LogP contribution is -1.97. The standard InChI is InChI=1S/C10H11N3O2.C10H13N3.C2H6/c1-2-5-12-10-4-3-9(13(14)15)6-8(10)7-11-12;1-2-5-13-10-4-3-9(11)6-8(10)7-12-13;1-2/h3-4,6-7H,2,5H2,1H3;3-4,6-7H,2,5,11H2,1H3;1-2H3. The fourth-order valence-electron chi connectivity index (χ4n) is 3.07. The third-order valence-corrected chi connectivity index (χ3v) is 4.37. The van der Waals surface area contributed by atoms with Crippen LogP contribution in [0, 0.1) is 10.1 Å². The number of nitrogens with zero attached hydrogens (tertiary/aromatic N) is 5. The van der Waals surface area contributed by atoms with Crippen molar-refractivity contribution < 1.29 is 4.92 Å². The van der Waals surface area contributed by atoms with E-state index in [1.807, 2.05) is 47.6 Å². The molecule has 2 N–H and O–H groups in total. The van der Waals surface area contributed by atoms with Gasteiger partial charge in [-0.2, -0.15) is 10.2 Å². The Balaban J connectivity index is 0.000000199. The van der Waals surface area contributed by atoms with Crippen LogP contribution in [-0.4, -0.2) is 24.5 Å². The summed E-state index contributed by atoms with van der Waals surface area (Å²) < 4.78 is 3.87. The third-order valence-electron chi connectivity index (χ3n) is 4.37. The Hall–Kier alpha value is -3.42. The van der Waals surface area contributed by atoms with E-state index < -0.39 is 4.92 Å². The van der Waals surface area contributed by atoms with Crippen LogP contribution in [0.2, 0.25) is 0 Å². The maximum Gasteiger partial charge on any atom is 0.270 e. The third kappa shape index (κ3) is 5.34. The van der Waals surface area contributed by atoms with Crippen LogP contribution in [0.15, 0.2) is 48.8 Å². The number of aryl methyl sites for hydroxylation is 2. The molecule has 0 spiro atoms. The van der Waals surface area contributed by atoms with Crippen LogP contribution in [0.4, 0.5) is 11.4 Å². The smallest absolute Gasteiger partial charge is 0.270 e. The molecule has 160 valence electrons. The van der Waals surface area contributed by atoms with Crippen LogP contribution in [0.5, 0.6) is 0 Å². The summed E-state index contributed by atoms with van der Waals surface area (Å²) in [6, 6.07) is 10.7. The highest BCUT2D eigenvalue weighted by molar-refractivity contribution is 5.82. The SMILES string of the molecule is CC.CCCn1ncc2cc(N)ccc21.CCCn1ncc2cc([N+](=O)[O-])ccc21. The van der Waals surface area contributed by atoms with Gasteiger partial charge >= 0.3 is 0 Å². The molecule has 0 unspecified atom stereocenters. The summed E-state index contributed by atoms with van der Waals surface area (Å²) in [7, 11) is 0. The van der Waals surface area contributed by atoms with Gasteiger partial charge in [0.15, 0.2) is 0 Å². The fourth-order valence-corrected chi connectivity index (χ4v) is 3.07. The normalized spacial score (nSPS) is 10.3. The number of fused-ring (bicyclic) bond motifs is 2. The lowest BCUT2D eigenvalue weighted by Gasteiger charge is -2.00. The molecule has 0 saturated carbocycles. The van der Waals surface area contributed by atoms with E-state index in [-0.39, 0.29) is 5.69 Å². The van der Waals surface area contributed by atoms with Crippen LogP contribution in [0.1, 0.15) is 40.5 Å². The average molecular weight is 411 g/mol. The molecule has 0 radical (unpaired) electrons. The number of nitrogen functional groups attached to an aromatic ring is 1. The van der Waals surface area contributed by atoms with Crippen molar-refractivity contribution in [2.75, 3.05) is 5.73 Å². The minimum Gasteiger partial charge on any atom is -0.399 e. The molecule has 8 heteroatoms. The van der Waals surface area contributed by atoms with Crippen LogP contribution < -0.4 is 5.73 Å². The Morgan fingerprint density at radius 2 is 1.40 bits per heavy atom. The highest BCUT2D eigenvalue weighted by Crippen LogP contribution is 2.20. The zero-order valence-electron chi connectivity index (χ0n) is 18.1. The molecule has 4 rings (SSSR count). The van der Waals surface area contributed by atoms with Gasteiger partial charge in [0.05, 0.1) is 28.4 Å². The molecule has 0 saturated heterocycles. The van der Waals surface area contributed by atoms with Gasteiger partial charge in [0.25, 0.3) is 5.69 Å². The number of hydrogen-bond donors (Lipinski definition) is 1. The van der Waals surface area contributed by atoms with Gasteiger partial charge in [-0.25, -0.2) is 0 Å². The Morgan fingerprint density at radius 3 is 1.90 bits per heavy atom. The second-order valence-corrected chi connectivity index (χ2v) is 6.55. The number of nitrogens with two attached hydrogens (primary N) is 1. The van der Waals surface area contributed by atoms with E-state index in [1.165, 1.54) is 6.07 Å². The van der Waals surface area contributed by atoms with E-state index >= 15 is 0 Å². The number of non-ortho nitro benzene ring substituents is 1. The second-order valence-electron chi connectivity index (χ2n) is 6.55. The number of benzene rings is 2. The molecule has 2 aromatic heterocycles. The predicted molar refractivity (Wildman–Crippen MR) is 122 cm³/mol. The summed E-state index contributed by atoms with van der Waals surface area (Å²) in [6.45, 7) is 10.0. The Bertz CT molecular complexity index is 1100. The van der Waals surface area contributed by atoms with Gasteiger partial charge in [-0.15, -0.1) is 0 Å². The zero-order valence-corrected chi connectivity index (χ0v) is 18.1. The van der Waals surface area contributed by atoms with Crippen LogP contribution in [-0.2, 0) is 13.1 Å². The fraction of sp³-hybridized carbons (Fsp3) is 0.364. The monoisotopic (exact) mass is 410 g/mol. The van der Waals surface area contributed by atoms with Crippen molar-refractivity contribution in [3.05, 3.63) is 58.9 Å². The van der Waals surface area contributed by atoms with Crippen molar-refractivity contribution in [3.63, 3.8) is 0 Å². The lowest BCUT2D eigenvalue weighted by molar-refractivity contribution is -0.384. The van der Waals surface area contributed by atoms with Gasteiger partial charge in [-0.3, -0.25) is 19.5 Å². The summed E-state index contributed by atoms with van der Waals surface area (Å²) in [4.78, 5) is 10.2. The molecule has 0 aliphatic heterocycles. The number of anilines is 1. The maximum atomic E-state index is 10.6. The number of rotatable bonds is 5. The van der Waals surface area contributed by atoms with E-state index in [4.69, 9.17) is 5.73 Å². The van der Waals surface area contributed by atoms with Crippen molar-refractivity contribution in [1.29, 1.82) is 0 Å². The van der Waals surface area contributed by atoms with Gasteiger partial charge in [-0.05, 0) is 37.1 Å². The second kappa shape index (κ2) is 10.9. The summed E-state index contributed by atoms with van der Waals surface area (Å²) in [5, 5.41) is 21.0. The molecular weight excluding hydrogens is 380 g/mol. The Kier molecular flexibility index (Phi) is 8.34. The highest BCUT2D eigenvalue weighted by atomic mass is 16.6. The molecule has 4 aromatic rings. The molecule has 2 heterocycles. The van der Waals surface area contributed by atoms with Gasteiger partial charge in [0.2, 0.25) is 0 Å². The number of nitro benzene ring substituents is 1. The van der Waals surface area contributed by atoms with E-state index in [9.17, 15) is 10.1 Å². The molecule has 0 fully saturated rings. The van der Waals surface area contributed by atoms with Gasteiger partial charge in [0.1, 0.15) is 0 Å². The molecular formula is C22H30N6O2. The van der Waals surface area contributed by atoms with Crippen molar-refractivity contribution >= 4 is 33.2 Å². The Morgan fingerprint density at radius 1 is 0.900 bits per heavy atom. The summed E-state index contributed by atoms with van der Waals surface area (Å²) in [5.41, 5.74) is 8.68. The zero-order chi connectivity index (χ0) is 22.1. The van der Waals surface area contributed by atoms with Crippen LogP contribution in [0.25, 0.3) is 21.8 Å². The first-order valence-corrected chi connectivity index (χ1v) is 10.3. The predicted octanol–water partition coefficient (Wildman–Crippen LogP) is 5.41. The summed E-state index contributed by atoms with van der Waals surface area (Å²) >= 11 is 0. The summed E-state index contributed by atoms with van der Waals surface area (Å²) in [5.74, 6) is 0. The van der Waals surface area contributed by atoms with Crippen molar-refractivity contribution in [1.82, 2.24) is 19.6 Å². The van der Waals surface area contributed by atoms with E-state index in [0.29, 0.717) is 0 Å². The van der Waals surface area contributed by atoms with E-state index in [1.54, 1.807) is 18.3 Å². The van der Waals surface area contributed by atoms with E-state index in [2.05, 4.69) is 24.0 Å². The number of nitro groups is 1. The highest BCUT2D eigenvalue weighted by Gasteiger charge is 2.08. The van der Waals surface area contributed by atoms with Crippen LogP contribution in [0.3, 0.4) is 0 Å². The van der Waals surface area contributed by atoms with Gasteiger partial charge < -0.3 is 5.73 Å². The topological polar surface area (TPSA) is 105 Å². The summed E-state index contributed by atoms with van der Waals surface area (Å²) in [6.07, 6.45) is 5.62. The molecule has 0 bridgehead atoms. The van der Waals surface area contributed by atoms with Crippen LogP contribution >= 0.6 is 0 Å². The molecule has 0 aliphatic rings. The van der Waals surface area contributed by atoms with Crippen molar-refractivity contribution in [2.24, 2.45) is 0 Å². The molecule has 0 atom stereocenters. The van der Waals surface area contributed by atoms with Gasteiger partial charge in [-0.1, -0.05) is 27.7 Å². The quantitative estimate of drug-likeness (QED) is 0.269. The first-order chi connectivity index (χ1) is 14.5. The largest absolute Gasteiger partial charge is 0.399 e. The lowest BCUT2D eigenvalue weighted by atomic mass is 10.2. The molecule has 8 nitrogen and oxygen atoms in total. The van der Waals surface area contributed by atoms with Crippen molar-refractivity contribution in [3.8, 4) is 0 Å². The number of hydrogen-bond acceptors (Lipinski definition) is 5. The Labute approximate surface area is 176 Å². The molecule has 0 amide bonds. The minimum absolute atomic E-state index is 0.110. The molecule has 2 aromatic carbocycles. The number of aromatic nitrogens is 4. The van der Waals surface area contributed by atoms with E-state index in [0.717, 1.165) is 53.4 Å². The van der Waals surface area contributed by atoms with Crippen molar-refractivity contribution in [2.45, 2.75) is 53.6 Å². The maximum absolute atomic E-state index is 10.6. The molecule has 30 heavy (non-hydrogen) atoms. The molecule has 0 aliphatic carbocycles. The first kappa shape index (κ1) is 22.9. The minimum atomic E-state index is -0.392.